The van der Waals surface area contributed by atoms with Gasteiger partial charge in [-0.3, -0.25) is 14.9 Å². The molecule has 4 aromatic carbocycles. The van der Waals surface area contributed by atoms with Crippen molar-refractivity contribution in [3.8, 4) is 17.2 Å². The topological polar surface area (TPSA) is 153 Å². The Labute approximate surface area is 356 Å². The van der Waals surface area contributed by atoms with Gasteiger partial charge in [0.15, 0.2) is 0 Å². The molecule has 0 radical (unpaired) electrons. The highest BCUT2D eigenvalue weighted by atomic mass is 16.7. The molecule has 1 heterocycles. The molecule has 6 atom stereocenters. The largest absolute Gasteiger partial charge is 0.459 e. The molecule has 2 fully saturated rings. The van der Waals surface area contributed by atoms with E-state index >= 15 is 0 Å². The molecule has 0 saturated heterocycles. The lowest BCUT2D eigenvalue weighted by Gasteiger charge is -2.60. The molecule has 8 rings (SSSR count). The lowest BCUT2D eigenvalue weighted by Crippen LogP contribution is -2.70. The summed E-state index contributed by atoms with van der Waals surface area (Å²) in [4.78, 5) is 33.7. The number of benzene rings is 4. The SMILES string of the molecule is C=CCO[C@@]12Oc3ccc(Oc4cccc([N+](=O)[O-])c4)cc3[C@H]3[C@H](CCCCO)[C@@H](CCCCO)C=C(C(=NOC)C[C@@H]1N(Cc1cccc4ccccc14)C(=O)C1CC1)[C@H]32. The van der Waals surface area contributed by atoms with Crippen LogP contribution in [0.15, 0.2) is 114 Å². The molecule has 0 spiro atoms. The molecule has 4 aromatic rings. The number of carbonyl (C=O) groups is 1. The predicted molar refractivity (Wildman–Crippen MR) is 232 cm³/mol. The molecular weight excluding hydrogens is 775 g/mol. The second kappa shape index (κ2) is 18.6. The first-order valence-corrected chi connectivity index (χ1v) is 21.6. The van der Waals surface area contributed by atoms with Crippen molar-refractivity contribution in [1.82, 2.24) is 4.90 Å². The number of ether oxygens (including phenoxy) is 3. The minimum Gasteiger partial charge on any atom is -0.459 e. The quantitative estimate of drug-likeness (QED) is 0.0408. The summed E-state index contributed by atoms with van der Waals surface area (Å²) in [7, 11) is 1.54. The Balaban J connectivity index is 1.33. The number of hydrogen-bond acceptors (Lipinski definition) is 10. The van der Waals surface area contributed by atoms with E-state index in [0.717, 1.165) is 71.7 Å². The lowest BCUT2D eigenvalue weighted by atomic mass is 9.55. The van der Waals surface area contributed by atoms with E-state index in [1.807, 2.05) is 35.2 Å². The molecule has 3 aliphatic carbocycles. The highest BCUT2D eigenvalue weighted by molar-refractivity contribution is 6.03. The number of allylic oxidation sites excluding steroid dienone is 1. The molecule has 320 valence electrons. The summed E-state index contributed by atoms with van der Waals surface area (Å²) in [5, 5.41) is 38.4. The first-order valence-electron chi connectivity index (χ1n) is 21.6. The number of nitro benzene ring substituents is 1. The smallest absolute Gasteiger partial charge is 0.273 e. The average Bonchev–Trinajstić information content (AvgIpc) is 4.13. The molecule has 4 aliphatic rings. The zero-order chi connectivity index (χ0) is 42.5. The van der Waals surface area contributed by atoms with E-state index in [1.165, 1.54) is 12.1 Å². The molecule has 2 N–H and O–H groups in total. The third-order valence-electron chi connectivity index (χ3n) is 12.9. The normalized spacial score (nSPS) is 24.5. The van der Waals surface area contributed by atoms with Gasteiger partial charge in [0.2, 0.25) is 11.7 Å². The highest BCUT2D eigenvalue weighted by Crippen LogP contribution is 2.62. The number of hydrogen-bond donors (Lipinski definition) is 2. The Hall–Kier alpha value is -5.56. The summed E-state index contributed by atoms with van der Waals surface area (Å²) >= 11 is 0. The third kappa shape index (κ3) is 8.54. The summed E-state index contributed by atoms with van der Waals surface area (Å²) in [5.74, 6) is -0.685. The van der Waals surface area contributed by atoms with Crippen LogP contribution in [0.5, 0.6) is 17.2 Å². The van der Waals surface area contributed by atoms with E-state index in [1.54, 1.807) is 31.4 Å². The second-order valence-corrected chi connectivity index (χ2v) is 16.7. The van der Waals surface area contributed by atoms with Crippen molar-refractivity contribution in [2.45, 2.75) is 82.1 Å². The molecule has 1 aliphatic heterocycles. The second-order valence-electron chi connectivity index (χ2n) is 16.7. The van der Waals surface area contributed by atoms with Crippen LogP contribution in [-0.4, -0.2) is 70.4 Å². The number of nitrogens with zero attached hydrogens (tertiary/aromatic N) is 3. The van der Waals surface area contributed by atoms with Gasteiger partial charge in [0, 0.05) is 49.6 Å². The van der Waals surface area contributed by atoms with Gasteiger partial charge in [-0.2, -0.15) is 0 Å². The average molecular weight is 830 g/mol. The Morgan fingerprint density at radius 3 is 2.49 bits per heavy atom. The summed E-state index contributed by atoms with van der Waals surface area (Å²) in [6.45, 7) is 4.70. The molecule has 2 saturated carbocycles. The van der Waals surface area contributed by atoms with Crippen LogP contribution in [0.4, 0.5) is 5.69 Å². The summed E-state index contributed by atoms with van der Waals surface area (Å²) in [6, 6.07) is 25.6. The van der Waals surface area contributed by atoms with Gasteiger partial charge in [0.25, 0.3) is 5.69 Å². The molecule has 1 amide bonds. The van der Waals surface area contributed by atoms with Crippen LogP contribution in [0.3, 0.4) is 0 Å². The minimum absolute atomic E-state index is 0.0228. The van der Waals surface area contributed by atoms with Gasteiger partial charge in [-0.1, -0.05) is 78.7 Å². The van der Waals surface area contributed by atoms with Crippen molar-refractivity contribution in [3.05, 3.63) is 130 Å². The fourth-order valence-electron chi connectivity index (χ4n) is 10.1. The van der Waals surface area contributed by atoms with Crippen LogP contribution in [0, 0.1) is 33.8 Å². The van der Waals surface area contributed by atoms with Gasteiger partial charge in [-0.25, -0.2) is 0 Å². The maximum absolute atomic E-state index is 14.9. The van der Waals surface area contributed by atoms with Gasteiger partial charge >= 0.3 is 0 Å². The maximum atomic E-state index is 14.9. The van der Waals surface area contributed by atoms with Crippen LogP contribution < -0.4 is 9.47 Å². The van der Waals surface area contributed by atoms with E-state index in [9.17, 15) is 25.1 Å². The Morgan fingerprint density at radius 2 is 1.74 bits per heavy atom. The summed E-state index contributed by atoms with van der Waals surface area (Å²) < 4.78 is 20.9. The van der Waals surface area contributed by atoms with E-state index in [0.29, 0.717) is 43.1 Å². The number of nitro groups is 1. The molecular formula is C49H55N3O9. The summed E-state index contributed by atoms with van der Waals surface area (Å²) in [6.07, 6.45) is 10.5. The van der Waals surface area contributed by atoms with E-state index < -0.39 is 22.7 Å². The third-order valence-corrected chi connectivity index (χ3v) is 12.9. The lowest BCUT2D eigenvalue weighted by molar-refractivity contribution is -0.384. The van der Waals surface area contributed by atoms with Crippen LogP contribution in [0.1, 0.15) is 74.8 Å². The number of non-ortho nitro benzene ring substituents is 1. The van der Waals surface area contributed by atoms with Crippen LogP contribution in [-0.2, 0) is 20.9 Å². The van der Waals surface area contributed by atoms with E-state index in [2.05, 4.69) is 36.9 Å². The Morgan fingerprint density at radius 1 is 0.984 bits per heavy atom. The van der Waals surface area contributed by atoms with Crippen molar-refractivity contribution in [1.29, 1.82) is 0 Å². The molecule has 0 bridgehead atoms. The number of aliphatic hydroxyl groups excluding tert-OH is 2. The number of aliphatic hydroxyl groups is 2. The first-order chi connectivity index (χ1) is 29.8. The zero-order valence-electron chi connectivity index (χ0n) is 34.7. The van der Waals surface area contributed by atoms with E-state index in [4.69, 9.17) is 24.2 Å². The Kier molecular flexibility index (Phi) is 12.8. The highest BCUT2D eigenvalue weighted by Gasteiger charge is 2.66. The number of fused-ring (bicyclic) bond motifs is 3. The van der Waals surface area contributed by atoms with Gasteiger partial charge in [-0.05, 0) is 96.5 Å². The fourth-order valence-corrected chi connectivity index (χ4v) is 10.1. The fraction of sp³-hybridized carbons (Fsp3) is 0.429. The van der Waals surface area contributed by atoms with Gasteiger partial charge in [0.1, 0.15) is 30.4 Å². The molecule has 0 unspecified atom stereocenters. The molecule has 0 aromatic heterocycles. The van der Waals surface area contributed by atoms with Crippen molar-refractivity contribution in [2.24, 2.45) is 28.8 Å². The van der Waals surface area contributed by atoms with Crippen molar-refractivity contribution in [3.63, 3.8) is 0 Å². The van der Waals surface area contributed by atoms with Crippen molar-refractivity contribution < 1.29 is 39.0 Å². The molecule has 12 nitrogen and oxygen atoms in total. The van der Waals surface area contributed by atoms with Crippen molar-refractivity contribution in [2.75, 3.05) is 26.9 Å². The van der Waals surface area contributed by atoms with Crippen LogP contribution >= 0.6 is 0 Å². The monoisotopic (exact) mass is 829 g/mol. The Bertz CT molecular complexity index is 2300. The number of amides is 1. The van der Waals surface area contributed by atoms with Crippen LogP contribution in [0.25, 0.3) is 10.8 Å². The van der Waals surface area contributed by atoms with Gasteiger partial charge < -0.3 is 34.2 Å². The summed E-state index contributed by atoms with van der Waals surface area (Å²) in [5.41, 5.74) is 3.50. The van der Waals surface area contributed by atoms with E-state index in [-0.39, 0.29) is 55.1 Å². The number of carbonyl (C=O) groups excluding carboxylic acids is 1. The first kappa shape index (κ1) is 42.1. The minimum atomic E-state index is -1.40. The standard InChI is InChI=1S/C49H55N3O9/c1-3-26-59-49-45(51(48(55)33-20-21-33)31-35-15-10-14-32-12-4-5-18-39(32)35)30-43(50-58-2)41-27-34(13-6-8-24-53)40(19-7-9-25-54)46(47(41)49)42-29-38(22-23-44(42)61-49)60-37-17-11-16-36(28-37)52(56)57/h3-5,10-12,14-18,22-23,27-29,33-34,40,45-47,53-54H,1,6-9,13,19-21,24-26,30-31H2,2H3/t34-,40+,45-,46+,47+,49+/m0/s1. The zero-order valence-corrected chi connectivity index (χ0v) is 34.7. The number of oxime groups is 1. The molecule has 61 heavy (non-hydrogen) atoms. The molecule has 12 heteroatoms. The number of unbranched alkanes of at least 4 members (excludes halogenated alkanes) is 2. The predicted octanol–water partition coefficient (Wildman–Crippen LogP) is 9.24. The van der Waals surface area contributed by atoms with Crippen molar-refractivity contribution >= 4 is 28.1 Å². The van der Waals surface area contributed by atoms with Gasteiger partial charge in [0.05, 0.1) is 29.2 Å². The maximum Gasteiger partial charge on any atom is 0.273 e. The number of rotatable bonds is 19. The van der Waals surface area contributed by atoms with Crippen LogP contribution in [0.2, 0.25) is 0 Å². The van der Waals surface area contributed by atoms with Gasteiger partial charge in [-0.15, -0.1) is 6.58 Å².